The Morgan fingerprint density at radius 3 is 2.86 bits per heavy atom. The van der Waals surface area contributed by atoms with Crippen LogP contribution in [0.2, 0.25) is 0 Å². The van der Waals surface area contributed by atoms with Gasteiger partial charge in [0.1, 0.15) is 5.00 Å². The first-order chi connectivity index (χ1) is 10.6. The van der Waals surface area contributed by atoms with E-state index in [0.29, 0.717) is 13.0 Å². The van der Waals surface area contributed by atoms with Crippen molar-refractivity contribution in [3.63, 3.8) is 0 Å². The molecule has 0 saturated heterocycles. The van der Waals surface area contributed by atoms with Crippen LogP contribution in [0.15, 0.2) is 35.3 Å². The van der Waals surface area contributed by atoms with Crippen LogP contribution in [-0.4, -0.2) is 23.3 Å². The second-order valence-corrected chi connectivity index (χ2v) is 6.65. The van der Waals surface area contributed by atoms with Crippen molar-refractivity contribution in [1.29, 1.82) is 0 Å². The molecule has 0 bridgehead atoms. The van der Waals surface area contributed by atoms with Gasteiger partial charge in [0.25, 0.3) is 0 Å². The van der Waals surface area contributed by atoms with Crippen LogP contribution >= 0.6 is 11.3 Å². The maximum atomic E-state index is 10.8. The van der Waals surface area contributed by atoms with Crippen molar-refractivity contribution in [2.75, 3.05) is 11.4 Å². The van der Waals surface area contributed by atoms with E-state index in [1.165, 1.54) is 4.88 Å². The Bertz CT molecular complexity index is 749. The van der Waals surface area contributed by atoms with Crippen molar-refractivity contribution in [3.8, 4) is 0 Å². The molecular weight excluding hydrogens is 296 g/mol. The highest BCUT2D eigenvalue weighted by atomic mass is 32.1. The second-order valence-electron chi connectivity index (χ2n) is 5.41. The SMILES string of the molecule is CC1=Nc2ccccc2N(CCCC(=O)O)c2sc(C)cc21. The van der Waals surface area contributed by atoms with Crippen molar-refractivity contribution in [1.82, 2.24) is 0 Å². The molecule has 22 heavy (non-hydrogen) atoms. The van der Waals surface area contributed by atoms with Gasteiger partial charge in [-0.05, 0) is 38.5 Å². The predicted octanol–water partition coefficient (Wildman–Crippen LogP) is 4.51. The van der Waals surface area contributed by atoms with E-state index >= 15 is 0 Å². The third kappa shape index (κ3) is 2.76. The molecule has 1 N–H and O–H groups in total. The van der Waals surface area contributed by atoms with Gasteiger partial charge in [0.2, 0.25) is 0 Å². The summed E-state index contributed by atoms with van der Waals surface area (Å²) in [5, 5.41) is 10.1. The fourth-order valence-electron chi connectivity index (χ4n) is 2.71. The Labute approximate surface area is 133 Å². The van der Waals surface area contributed by atoms with E-state index in [1.54, 1.807) is 11.3 Å². The Morgan fingerprint density at radius 1 is 1.32 bits per heavy atom. The molecule has 0 unspecified atom stereocenters. The zero-order valence-electron chi connectivity index (χ0n) is 12.7. The number of nitrogens with zero attached hydrogens (tertiary/aromatic N) is 2. The van der Waals surface area contributed by atoms with E-state index in [1.807, 2.05) is 25.1 Å². The summed E-state index contributed by atoms with van der Waals surface area (Å²) >= 11 is 1.74. The summed E-state index contributed by atoms with van der Waals surface area (Å²) in [5.74, 6) is -0.752. The van der Waals surface area contributed by atoms with Crippen LogP contribution in [-0.2, 0) is 4.79 Å². The van der Waals surface area contributed by atoms with Gasteiger partial charge in [-0.3, -0.25) is 9.79 Å². The Hall–Kier alpha value is -2.14. The first-order valence-corrected chi connectivity index (χ1v) is 8.12. The highest BCUT2D eigenvalue weighted by Crippen LogP contribution is 2.43. The third-order valence-electron chi connectivity index (χ3n) is 3.70. The van der Waals surface area contributed by atoms with Gasteiger partial charge in [-0.1, -0.05) is 12.1 Å². The molecule has 0 aliphatic carbocycles. The molecule has 0 saturated carbocycles. The maximum Gasteiger partial charge on any atom is 0.303 e. The number of carboxylic acids is 1. The number of benzene rings is 1. The number of carboxylic acid groups (broad SMARTS) is 1. The minimum atomic E-state index is -0.752. The summed E-state index contributed by atoms with van der Waals surface area (Å²) in [5.41, 5.74) is 4.14. The summed E-state index contributed by atoms with van der Waals surface area (Å²) in [6.45, 7) is 4.80. The lowest BCUT2D eigenvalue weighted by Gasteiger charge is -2.24. The van der Waals surface area contributed by atoms with Crippen molar-refractivity contribution >= 4 is 39.4 Å². The number of fused-ring (bicyclic) bond motifs is 2. The Kier molecular flexibility index (Phi) is 3.98. The highest BCUT2D eigenvalue weighted by Gasteiger charge is 2.23. The van der Waals surface area contributed by atoms with Crippen LogP contribution in [0.1, 0.15) is 30.2 Å². The number of aryl methyl sites for hydroxylation is 1. The minimum Gasteiger partial charge on any atom is -0.481 e. The van der Waals surface area contributed by atoms with E-state index in [2.05, 4.69) is 24.0 Å². The van der Waals surface area contributed by atoms with Crippen LogP contribution in [0.4, 0.5) is 16.4 Å². The number of para-hydroxylation sites is 2. The fourth-order valence-corrected chi connectivity index (χ4v) is 3.81. The predicted molar refractivity (Wildman–Crippen MR) is 91.2 cm³/mol. The third-order valence-corrected chi connectivity index (χ3v) is 4.78. The van der Waals surface area contributed by atoms with Gasteiger partial charge in [-0.15, -0.1) is 11.3 Å². The van der Waals surface area contributed by atoms with Crippen molar-refractivity contribution in [3.05, 3.63) is 40.8 Å². The minimum absolute atomic E-state index is 0.179. The molecular formula is C17H18N2O2S. The summed E-state index contributed by atoms with van der Waals surface area (Å²) in [4.78, 5) is 19.0. The van der Waals surface area contributed by atoms with Gasteiger partial charge in [0.05, 0.1) is 11.4 Å². The van der Waals surface area contributed by atoms with Crippen LogP contribution in [0.3, 0.4) is 0 Å². The number of anilines is 2. The van der Waals surface area contributed by atoms with Crippen molar-refractivity contribution in [2.24, 2.45) is 4.99 Å². The molecule has 1 aromatic carbocycles. The average Bonchev–Trinajstić information content (AvgIpc) is 2.82. The lowest BCUT2D eigenvalue weighted by molar-refractivity contribution is -0.137. The van der Waals surface area contributed by atoms with Crippen molar-refractivity contribution in [2.45, 2.75) is 26.7 Å². The van der Waals surface area contributed by atoms with Gasteiger partial charge >= 0.3 is 5.97 Å². The number of carbonyl (C=O) groups is 1. The molecule has 0 atom stereocenters. The molecule has 1 aromatic heterocycles. The number of aliphatic imine (C=N–C) groups is 1. The molecule has 0 amide bonds. The van der Waals surface area contributed by atoms with Crippen LogP contribution < -0.4 is 4.90 Å². The summed E-state index contributed by atoms with van der Waals surface area (Å²) < 4.78 is 0. The van der Waals surface area contributed by atoms with E-state index < -0.39 is 5.97 Å². The topological polar surface area (TPSA) is 52.9 Å². The summed E-state index contributed by atoms with van der Waals surface area (Å²) in [6.07, 6.45) is 0.789. The fraction of sp³-hybridized carbons (Fsp3) is 0.294. The van der Waals surface area contributed by atoms with Crippen molar-refractivity contribution < 1.29 is 9.90 Å². The molecule has 1 aliphatic rings. The molecule has 4 nitrogen and oxygen atoms in total. The lowest BCUT2D eigenvalue weighted by Crippen LogP contribution is -2.19. The van der Waals surface area contributed by atoms with Gasteiger partial charge in [-0.25, -0.2) is 0 Å². The highest BCUT2D eigenvalue weighted by molar-refractivity contribution is 7.16. The average molecular weight is 314 g/mol. The maximum absolute atomic E-state index is 10.8. The smallest absolute Gasteiger partial charge is 0.303 e. The number of hydrogen-bond acceptors (Lipinski definition) is 4. The molecule has 114 valence electrons. The number of aliphatic carboxylic acids is 1. The quantitative estimate of drug-likeness (QED) is 0.903. The molecule has 5 heteroatoms. The van der Waals surface area contributed by atoms with Crippen LogP contribution in [0.5, 0.6) is 0 Å². The first-order valence-electron chi connectivity index (χ1n) is 7.30. The number of thiophene rings is 1. The molecule has 3 rings (SSSR count). The molecule has 1 aliphatic heterocycles. The van der Waals surface area contributed by atoms with Gasteiger partial charge < -0.3 is 10.0 Å². The van der Waals surface area contributed by atoms with Gasteiger partial charge in [-0.2, -0.15) is 0 Å². The zero-order valence-corrected chi connectivity index (χ0v) is 13.5. The molecule has 0 radical (unpaired) electrons. The van der Waals surface area contributed by atoms with E-state index in [-0.39, 0.29) is 6.42 Å². The van der Waals surface area contributed by atoms with E-state index in [9.17, 15) is 4.79 Å². The molecule has 2 heterocycles. The molecule has 0 fully saturated rings. The van der Waals surface area contributed by atoms with E-state index in [0.717, 1.165) is 27.7 Å². The normalized spacial score (nSPS) is 13.2. The zero-order chi connectivity index (χ0) is 15.7. The largest absolute Gasteiger partial charge is 0.481 e. The molecule has 0 spiro atoms. The molecule has 2 aromatic rings. The number of rotatable bonds is 4. The first kappa shape index (κ1) is 14.8. The summed E-state index contributed by atoms with van der Waals surface area (Å²) in [7, 11) is 0. The summed E-state index contributed by atoms with van der Waals surface area (Å²) in [6, 6.07) is 10.2. The Balaban J connectivity index is 2.05. The van der Waals surface area contributed by atoms with Gasteiger partial charge in [0.15, 0.2) is 0 Å². The second kappa shape index (κ2) is 5.93. The monoisotopic (exact) mass is 314 g/mol. The standard InChI is InChI=1S/C17H18N2O2S/c1-11-10-13-12(2)18-14-6-3-4-7-15(14)19(17(13)22-11)9-5-8-16(20)21/h3-4,6-7,10H,5,8-9H2,1-2H3,(H,20,21). The number of hydrogen-bond donors (Lipinski definition) is 1. The van der Waals surface area contributed by atoms with Crippen LogP contribution in [0.25, 0.3) is 0 Å². The lowest BCUT2D eigenvalue weighted by atomic mass is 10.2. The van der Waals surface area contributed by atoms with Crippen LogP contribution in [0, 0.1) is 6.92 Å². The van der Waals surface area contributed by atoms with E-state index in [4.69, 9.17) is 10.1 Å². The van der Waals surface area contributed by atoms with Gasteiger partial charge in [0, 0.05) is 29.1 Å². The Morgan fingerprint density at radius 2 is 2.09 bits per heavy atom.